The van der Waals surface area contributed by atoms with Crippen molar-refractivity contribution in [2.24, 2.45) is 0 Å². The third-order valence-corrected chi connectivity index (χ3v) is 14.1. The van der Waals surface area contributed by atoms with Gasteiger partial charge in [-0.1, -0.05) is 0 Å². The van der Waals surface area contributed by atoms with E-state index in [0.29, 0.717) is 4.44 Å². The van der Waals surface area contributed by atoms with Crippen LogP contribution in [0.15, 0.2) is 25.3 Å². The van der Waals surface area contributed by atoms with Gasteiger partial charge in [0.25, 0.3) is 0 Å². The molecule has 0 N–H and O–H groups in total. The Morgan fingerprint density at radius 1 is 1.36 bits per heavy atom. The van der Waals surface area contributed by atoms with Gasteiger partial charge in [0.2, 0.25) is 0 Å². The third-order valence-electron chi connectivity index (χ3n) is 0.831. The molecule has 2 radical (unpaired) electrons. The molecule has 11 heavy (non-hydrogen) atoms. The van der Waals surface area contributed by atoms with Crippen molar-refractivity contribution in [3.63, 3.8) is 0 Å². The van der Waals surface area contributed by atoms with E-state index in [1.165, 1.54) is 6.08 Å². The van der Waals surface area contributed by atoms with Gasteiger partial charge in [0.1, 0.15) is 0 Å². The predicted octanol–water partition coefficient (Wildman–Crippen LogP) is 2.29. The van der Waals surface area contributed by atoms with Crippen LogP contribution in [0.4, 0.5) is 5.73 Å². The maximum atomic E-state index is 12.7. The Balaban J connectivity index is 3.53. The third kappa shape index (κ3) is 7.26. The average molecular weight is 374 g/mol. The first-order valence-corrected chi connectivity index (χ1v) is 11.7. The van der Waals surface area contributed by atoms with Gasteiger partial charge < -0.3 is 0 Å². The fourth-order valence-electron chi connectivity index (χ4n) is 0.416. The molecule has 0 aliphatic heterocycles. The van der Waals surface area contributed by atoms with Gasteiger partial charge in [0.05, 0.1) is 0 Å². The summed E-state index contributed by atoms with van der Waals surface area (Å²) in [6.07, 6.45) is 2.89. The monoisotopic (exact) mass is 376 g/mol. The Morgan fingerprint density at radius 2 is 2.00 bits per heavy atom. The van der Waals surface area contributed by atoms with Crippen molar-refractivity contribution in [2.75, 3.05) is 0 Å². The van der Waals surface area contributed by atoms with Crippen LogP contribution in [0, 0.1) is 0 Å². The van der Waals surface area contributed by atoms with Crippen molar-refractivity contribution < 1.29 is 7.15 Å². The van der Waals surface area contributed by atoms with Gasteiger partial charge in [-0.05, 0) is 0 Å². The van der Waals surface area contributed by atoms with Crippen LogP contribution >= 0.6 is 0 Å². The van der Waals surface area contributed by atoms with Crippen molar-refractivity contribution in [3.05, 3.63) is 25.3 Å². The molecule has 0 saturated heterocycles. The molecule has 0 aliphatic rings. The van der Waals surface area contributed by atoms with E-state index in [2.05, 4.69) is 14.6 Å². The summed E-state index contributed by atoms with van der Waals surface area (Å²) in [5.41, 5.74) is 0. The first-order chi connectivity index (χ1) is 5.12. The summed E-state index contributed by atoms with van der Waals surface area (Å²) in [6.45, 7) is 6.71. The molecule has 62 valence electrons. The molecule has 0 fully saturated rings. The number of halogens is 2. The summed E-state index contributed by atoms with van der Waals surface area (Å²) < 4.78 is 30.4. The first kappa shape index (κ1) is 11.9. The van der Waals surface area contributed by atoms with E-state index in [4.69, 9.17) is 0 Å². The van der Waals surface area contributed by atoms with E-state index < -0.39 is 41.5 Å². The Morgan fingerprint density at radius 3 is 2.45 bits per heavy atom. The summed E-state index contributed by atoms with van der Waals surface area (Å²) in [5, 5.41) is 0. The molecular formula is C6H10F2OSn2. The van der Waals surface area contributed by atoms with E-state index in [0.717, 1.165) is 0 Å². The Bertz CT molecular complexity index is 139. The van der Waals surface area contributed by atoms with Gasteiger partial charge >= 0.3 is 82.8 Å². The van der Waals surface area contributed by atoms with Gasteiger partial charge in [0.15, 0.2) is 0 Å². The van der Waals surface area contributed by atoms with Gasteiger partial charge in [-0.2, -0.15) is 0 Å². The Labute approximate surface area is 82.2 Å². The van der Waals surface area contributed by atoms with Gasteiger partial charge in [0, 0.05) is 0 Å². The van der Waals surface area contributed by atoms with Crippen molar-refractivity contribution >= 4 is 41.5 Å². The van der Waals surface area contributed by atoms with Crippen LogP contribution < -0.4 is 0 Å². The molecule has 0 saturated carbocycles. The van der Waals surface area contributed by atoms with E-state index in [1.807, 2.05) is 0 Å². The second-order valence-corrected chi connectivity index (χ2v) is 13.2. The molecule has 0 amide bonds. The molecule has 5 heteroatoms. The molecule has 0 aromatic heterocycles. The fraction of sp³-hybridized carbons (Fsp3) is 0.333. The van der Waals surface area contributed by atoms with E-state index in [1.54, 1.807) is 6.08 Å². The normalized spacial score (nSPS) is 11.1. The van der Waals surface area contributed by atoms with E-state index in [9.17, 15) is 5.73 Å². The maximum absolute atomic E-state index is 12.7. The SMILES string of the molecule is C=C[CH2][Sn][O][Sn]([F])([F])[CH2]C=C. The Hall–Kier alpha value is 0.897. The zero-order chi connectivity index (χ0) is 8.74. The summed E-state index contributed by atoms with van der Waals surface area (Å²) >= 11 is -6.31. The molecule has 0 atom stereocenters. The molecule has 0 bridgehead atoms. The van der Waals surface area contributed by atoms with Crippen LogP contribution in [0.3, 0.4) is 0 Å². The zero-order valence-electron chi connectivity index (χ0n) is 6.15. The summed E-state index contributed by atoms with van der Waals surface area (Å²) in [5.74, 6) is 0. The molecule has 0 heterocycles. The molecule has 0 aromatic carbocycles. The van der Waals surface area contributed by atoms with Crippen LogP contribution in [-0.4, -0.2) is 41.5 Å². The van der Waals surface area contributed by atoms with Crippen LogP contribution in [0.2, 0.25) is 8.87 Å². The molecule has 0 rings (SSSR count). The fourth-order valence-corrected chi connectivity index (χ4v) is 10.0. The topological polar surface area (TPSA) is 9.23 Å². The number of rotatable bonds is 6. The molecule has 0 spiro atoms. The molecular weight excluding hydrogens is 363 g/mol. The van der Waals surface area contributed by atoms with Crippen molar-refractivity contribution in [3.8, 4) is 0 Å². The second-order valence-electron chi connectivity index (χ2n) is 1.87. The van der Waals surface area contributed by atoms with Crippen molar-refractivity contribution in [1.29, 1.82) is 0 Å². The summed E-state index contributed by atoms with van der Waals surface area (Å²) in [4.78, 5) is 0. The van der Waals surface area contributed by atoms with Gasteiger partial charge in [-0.3, -0.25) is 0 Å². The van der Waals surface area contributed by atoms with Crippen molar-refractivity contribution in [2.45, 2.75) is 8.87 Å². The quantitative estimate of drug-likeness (QED) is 0.394. The molecule has 1 nitrogen and oxygen atoms in total. The number of hydrogen-bond acceptors (Lipinski definition) is 1. The minimum absolute atomic E-state index is 0.188. The van der Waals surface area contributed by atoms with Crippen molar-refractivity contribution in [1.82, 2.24) is 0 Å². The van der Waals surface area contributed by atoms with Gasteiger partial charge in [-0.25, -0.2) is 0 Å². The van der Waals surface area contributed by atoms with Crippen LogP contribution in [0.25, 0.3) is 0 Å². The van der Waals surface area contributed by atoms with E-state index in [-0.39, 0.29) is 4.44 Å². The van der Waals surface area contributed by atoms with Crippen LogP contribution in [-0.2, 0) is 1.41 Å². The van der Waals surface area contributed by atoms with E-state index >= 15 is 0 Å². The van der Waals surface area contributed by atoms with Crippen LogP contribution in [0.1, 0.15) is 0 Å². The molecule has 0 aliphatic carbocycles. The van der Waals surface area contributed by atoms with Gasteiger partial charge in [-0.15, -0.1) is 0 Å². The summed E-state index contributed by atoms with van der Waals surface area (Å²) in [7, 11) is 0. The molecule has 0 aromatic rings. The second kappa shape index (κ2) is 6.42. The zero-order valence-corrected chi connectivity index (χ0v) is 11.9. The first-order valence-electron chi connectivity index (χ1n) is 3.13. The number of allylic oxidation sites excluding steroid dienone is 2. The minimum atomic E-state index is -5.02. The predicted molar refractivity (Wildman–Crippen MR) is 44.8 cm³/mol. The summed E-state index contributed by atoms with van der Waals surface area (Å²) in [6, 6.07) is 0. The molecule has 0 unspecified atom stereocenters. The standard InChI is InChI=1S/2C3H5.2FH.O.2Sn/c2*1-3-2;;;;;/h2*3H,1-2H2;2*1H;;;/q;;;;;;+2/p-2. The average Bonchev–Trinajstić information content (AvgIpc) is 1.87. The number of hydrogen-bond donors (Lipinski definition) is 0. The Kier molecular flexibility index (Phi) is 6.94. The van der Waals surface area contributed by atoms with Crippen LogP contribution in [0.5, 0.6) is 0 Å².